The van der Waals surface area contributed by atoms with Gasteiger partial charge in [0.15, 0.2) is 12.4 Å². The van der Waals surface area contributed by atoms with Gasteiger partial charge in [-0.15, -0.1) is 0 Å². The van der Waals surface area contributed by atoms with Gasteiger partial charge in [0.05, 0.1) is 21.3 Å². The van der Waals surface area contributed by atoms with Crippen molar-refractivity contribution in [1.82, 2.24) is 9.97 Å². The van der Waals surface area contributed by atoms with Crippen molar-refractivity contribution in [3.8, 4) is 0 Å². The quantitative estimate of drug-likeness (QED) is 0.673. The first-order valence-electron chi connectivity index (χ1n) is 7.31. The van der Waals surface area contributed by atoms with E-state index in [1.54, 1.807) is 19.2 Å². The third kappa shape index (κ3) is 3.75. The average Bonchev–Trinajstić information content (AvgIpc) is 3.02. The van der Waals surface area contributed by atoms with Crippen molar-refractivity contribution < 1.29 is 14.3 Å². The Labute approximate surface area is 153 Å². The Hall–Kier alpha value is -2.57. The number of benzene rings is 1. The second-order valence-corrected chi connectivity index (χ2v) is 6.07. The first-order valence-corrected chi connectivity index (χ1v) is 8.07. The number of hydrogen-bond acceptors (Lipinski definition) is 4. The topological polar surface area (TPSA) is 84.1 Å². The molecule has 0 spiro atoms. The largest absolute Gasteiger partial charge is 0.452 e. The molecule has 0 radical (unpaired) electrons. The number of aromatic amines is 1. The summed E-state index contributed by atoms with van der Waals surface area (Å²) in [6.07, 6.45) is 1.55. The standard InChI is InChI=1S/C17H13Cl2N3O3/c1-9-12(18)6-13(19)16(21-9)22-15(23)8-25-17(24)11-7-20-14-5-3-2-4-10(11)14/h2-7,20H,8H2,1H3,(H,21,22,23). The molecule has 0 aliphatic rings. The SMILES string of the molecule is Cc1nc(NC(=O)COC(=O)c2c[nH]c3ccccc23)c(Cl)cc1Cl. The lowest BCUT2D eigenvalue weighted by atomic mass is 10.2. The Balaban J connectivity index is 1.64. The van der Waals surface area contributed by atoms with E-state index in [0.29, 0.717) is 16.3 Å². The third-order valence-corrected chi connectivity index (χ3v) is 4.18. The molecule has 128 valence electrons. The number of nitrogens with zero attached hydrogens (tertiary/aromatic N) is 1. The zero-order valence-electron chi connectivity index (χ0n) is 13.1. The van der Waals surface area contributed by atoms with E-state index in [1.165, 1.54) is 6.07 Å². The second kappa shape index (κ2) is 7.13. The van der Waals surface area contributed by atoms with Gasteiger partial charge >= 0.3 is 5.97 Å². The van der Waals surface area contributed by atoms with Crippen LogP contribution in [-0.2, 0) is 9.53 Å². The van der Waals surface area contributed by atoms with Crippen molar-refractivity contribution in [2.75, 3.05) is 11.9 Å². The van der Waals surface area contributed by atoms with Crippen LogP contribution in [0.3, 0.4) is 0 Å². The number of rotatable bonds is 4. The van der Waals surface area contributed by atoms with E-state index < -0.39 is 18.5 Å². The van der Waals surface area contributed by atoms with Crippen LogP contribution >= 0.6 is 23.2 Å². The lowest BCUT2D eigenvalue weighted by Crippen LogP contribution is -2.21. The summed E-state index contributed by atoms with van der Waals surface area (Å²) >= 11 is 11.9. The summed E-state index contributed by atoms with van der Waals surface area (Å²) in [5, 5.41) is 3.82. The number of H-pyrrole nitrogens is 1. The summed E-state index contributed by atoms with van der Waals surface area (Å²) in [5.74, 6) is -0.986. The monoisotopic (exact) mass is 377 g/mol. The van der Waals surface area contributed by atoms with Gasteiger partial charge in [-0.2, -0.15) is 0 Å². The summed E-state index contributed by atoms with van der Waals surface area (Å²) < 4.78 is 5.05. The van der Waals surface area contributed by atoms with Gasteiger partial charge < -0.3 is 15.0 Å². The van der Waals surface area contributed by atoms with Gasteiger partial charge in [0.1, 0.15) is 0 Å². The van der Waals surface area contributed by atoms with Gasteiger partial charge in [-0.05, 0) is 19.1 Å². The normalized spacial score (nSPS) is 10.7. The molecular weight excluding hydrogens is 365 g/mol. The van der Waals surface area contributed by atoms with Crippen molar-refractivity contribution in [1.29, 1.82) is 0 Å². The van der Waals surface area contributed by atoms with E-state index >= 15 is 0 Å². The van der Waals surface area contributed by atoms with Crippen LogP contribution < -0.4 is 5.32 Å². The molecule has 2 heterocycles. The van der Waals surface area contributed by atoms with Crippen LogP contribution in [0.25, 0.3) is 10.9 Å². The van der Waals surface area contributed by atoms with Crippen molar-refractivity contribution in [2.45, 2.75) is 6.92 Å². The van der Waals surface area contributed by atoms with Crippen LogP contribution in [0.15, 0.2) is 36.5 Å². The maximum absolute atomic E-state index is 12.2. The molecule has 8 heteroatoms. The van der Waals surface area contributed by atoms with Gasteiger partial charge in [0.2, 0.25) is 0 Å². The highest BCUT2D eigenvalue weighted by molar-refractivity contribution is 6.36. The first-order chi connectivity index (χ1) is 12.0. The van der Waals surface area contributed by atoms with Gasteiger partial charge in [-0.25, -0.2) is 9.78 Å². The zero-order chi connectivity index (χ0) is 18.0. The van der Waals surface area contributed by atoms with Crippen LogP contribution in [-0.4, -0.2) is 28.5 Å². The Morgan fingerprint density at radius 2 is 2.00 bits per heavy atom. The number of nitrogens with one attached hydrogen (secondary N) is 2. The van der Waals surface area contributed by atoms with E-state index in [0.717, 1.165) is 10.9 Å². The second-order valence-electron chi connectivity index (χ2n) is 5.26. The highest BCUT2D eigenvalue weighted by Gasteiger charge is 2.16. The molecule has 0 unspecified atom stereocenters. The van der Waals surface area contributed by atoms with Crippen molar-refractivity contribution in [2.24, 2.45) is 0 Å². The van der Waals surface area contributed by atoms with Crippen molar-refractivity contribution >= 4 is 51.8 Å². The molecule has 25 heavy (non-hydrogen) atoms. The summed E-state index contributed by atoms with van der Waals surface area (Å²) in [6.45, 7) is 1.23. The fraction of sp³-hybridized carbons (Fsp3) is 0.118. The van der Waals surface area contributed by atoms with E-state index in [9.17, 15) is 9.59 Å². The molecule has 0 aliphatic carbocycles. The average molecular weight is 378 g/mol. The maximum Gasteiger partial charge on any atom is 0.340 e. The fourth-order valence-corrected chi connectivity index (χ4v) is 2.67. The first kappa shape index (κ1) is 17.3. The molecule has 0 atom stereocenters. The van der Waals surface area contributed by atoms with Gasteiger partial charge in [-0.1, -0.05) is 41.4 Å². The number of carbonyl (C=O) groups is 2. The predicted molar refractivity (Wildman–Crippen MR) is 96.2 cm³/mol. The molecule has 3 rings (SSSR count). The van der Waals surface area contributed by atoms with Crippen LogP contribution in [0.1, 0.15) is 16.1 Å². The van der Waals surface area contributed by atoms with E-state index in [-0.39, 0.29) is 10.8 Å². The number of aryl methyl sites for hydroxylation is 1. The highest BCUT2D eigenvalue weighted by Crippen LogP contribution is 2.25. The Bertz CT molecular complexity index is 969. The highest BCUT2D eigenvalue weighted by atomic mass is 35.5. The number of anilines is 1. The van der Waals surface area contributed by atoms with Crippen LogP contribution in [0.4, 0.5) is 5.82 Å². The van der Waals surface area contributed by atoms with Crippen LogP contribution in [0, 0.1) is 6.92 Å². The number of carbonyl (C=O) groups excluding carboxylic acids is 2. The molecule has 3 aromatic rings. The Morgan fingerprint density at radius 3 is 2.80 bits per heavy atom. The molecule has 0 bridgehead atoms. The number of pyridine rings is 1. The molecule has 1 aromatic carbocycles. The fourth-order valence-electron chi connectivity index (χ4n) is 2.26. The molecule has 0 saturated heterocycles. The van der Waals surface area contributed by atoms with Gasteiger partial charge in [0, 0.05) is 17.1 Å². The van der Waals surface area contributed by atoms with Crippen molar-refractivity contribution in [3.63, 3.8) is 0 Å². The van der Waals surface area contributed by atoms with Gasteiger partial charge in [-0.3, -0.25) is 4.79 Å². The molecule has 0 saturated carbocycles. The van der Waals surface area contributed by atoms with Crippen LogP contribution in [0.2, 0.25) is 10.0 Å². The maximum atomic E-state index is 12.2. The smallest absolute Gasteiger partial charge is 0.340 e. The van der Waals surface area contributed by atoms with Gasteiger partial charge in [0.25, 0.3) is 5.91 Å². The molecular formula is C17H13Cl2N3O3. The number of hydrogen-bond donors (Lipinski definition) is 2. The lowest BCUT2D eigenvalue weighted by molar-refractivity contribution is -0.119. The number of fused-ring (bicyclic) bond motifs is 1. The van der Waals surface area contributed by atoms with E-state index in [1.807, 2.05) is 18.2 Å². The summed E-state index contributed by atoms with van der Waals surface area (Å²) in [4.78, 5) is 31.2. The Morgan fingerprint density at radius 1 is 1.24 bits per heavy atom. The number of aromatic nitrogens is 2. The van der Waals surface area contributed by atoms with E-state index in [2.05, 4.69) is 15.3 Å². The number of halogens is 2. The predicted octanol–water partition coefficient (Wildman–Crippen LogP) is 3.97. The minimum atomic E-state index is -0.598. The lowest BCUT2D eigenvalue weighted by Gasteiger charge is -2.08. The zero-order valence-corrected chi connectivity index (χ0v) is 14.6. The summed E-state index contributed by atoms with van der Waals surface area (Å²) in [5.41, 5.74) is 1.70. The molecule has 6 nitrogen and oxygen atoms in total. The molecule has 0 aliphatic heterocycles. The number of ether oxygens (including phenoxy) is 1. The minimum Gasteiger partial charge on any atom is -0.452 e. The number of esters is 1. The molecule has 2 aromatic heterocycles. The molecule has 1 amide bonds. The summed E-state index contributed by atoms with van der Waals surface area (Å²) in [7, 11) is 0. The number of para-hydroxylation sites is 1. The number of amides is 1. The molecule has 0 fully saturated rings. The summed E-state index contributed by atoms with van der Waals surface area (Å²) in [6, 6.07) is 8.79. The van der Waals surface area contributed by atoms with Crippen LogP contribution in [0.5, 0.6) is 0 Å². The van der Waals surface area contributed by atoms with Crippen molar-refractivity contribution in [3.05, 3.63) is 57.8 Å². The Kier molecular flexibility index (Phi) is 4.92. The minimum absolute atomic E-state index is 0.164. The molecule has 2 N–H and O–H groups in total. The third-order valence-electron chi connectivity index (χ3n) is 3.51. The van der Waals surface area contributed by atoms with E-state index in [4.69, 9.17) is 27.9 Å².